The van der Waals surface area contributed by atoms with Crippen molar-refractivity contribution in [2.75, 3.05) is 19.8 Å². The van der Waals surface area contributed by atoms with Gasteiger partial charge in [0, 0.05) is 12.1 Å². The summed E-state index contributed by atoms with van der Waals surface area (Å²) < 4.78 is 13.2. The number of amides is 1. The molecule has 0 spiro atoms. The van der Waals surface area contributed by atoms with Crippen molar-refractivity contribution in [3.63, 3.8) is 0 Å². The lowest BCUT2D eigenvalue weighted by molar-refractivity contribution is -0.100. The van der Waals surface area contributed by atoms with Gasteiger partial charge in [-0.2, -0.15) is 0 Å². The molecule has 0 radical (unpaired) electrons. The quantitative estimate of drug-likeness (QED) is 0.667. The second-order valence-corrected chi connectivity index (χ2v) is 7.54. The third kappa shape index (κ3) is 3.62. The van der Waals surface area contributed by atoms with Crippen molar-refractivity contribution in [3.05, 3.63) is 66.5 Å². The van der Waals surface area contributed by atoms with Crippen molar-refractivity contribution in [2.24, 2.45) is 0 Å². The predicted octanol–water partition coefficient (Wildman–Crippen LogP) is 3.30. The van der Waals surface area contributed by atoms with Crippen molar-refractivity contribution in [1.29, 1.82) is 0 Å². The van der Waals surface area contributed by atoms with Gasteiger partial charge in [-0.25, -0.2) is 9.67 Å². The van der Waals surface area contributed by atoms with E-state index in [2.05, 4.69) is 10.1 Å². The number of hydrogen-bond acceptors (Lipinski definition) is 5. The van der Waals surface area contributed by atoms with Gasteiger partial charge in [0.15, 0.2) is 12.1 Å². The Hall–Kier alpha value is -3.03. The molecule has 0 N–H and O–H groups in total. The lowest BCUT2D eigenvalue weighted by Crippen LogP contribution is -2.50. The molecule has 1 unspecified atom stereocenters. The van der Waals surface area contributed by atoms with E-state index in [-0.39, 0.29) is 24.1 Å². The maximum atomic E-state index is 13.5. The highest BCUT2D eigenvalue weighted by atomic mass is 16.7. The first kappa shape index (κ1) is 19.0. The highest BCUT2D eigenvalue weighted by molar-refractivity contribution is 5.91. The molecule has 0 bridgehead atoms. The summed E-state index contributed by atoms with van der Waals surface area (Å²) in [4.78, 5) is 20.0. The standard InChI is InChI=1S/C23H24N4O3/c28-22(26-14-8-7-13-19(26)23-29-15-16-30-23)20-24-21(17-9-3-1-4-10-17)27(25-20)18-11-5-2-6-12-18/h1-6,9-12,19,23H,7-8,13-16H2. The maximum Gasteiger partial charge on any atom is 0.293 e. The number of rotatable bonds is 4. The number of para-hydroxylation sites is 1. The van der Waals surface area contributed by atoms with Crippen LogP contribution in [0.5, 0.6) is 0 Å². The van der Waals surface area contributed by atoms with Gasteiger partial charge < -0.3 is 14.4 Å². The number of likely N-dealkylation sites (tertiary alicyclic amines) is 1. The van der Waals surface area contributed by atoms with Crippen molar-refractivity contribution < 1.29 is 14.3 Å². The van der Waals surface area contributed by atoms with Gasteiger partial charge in [-0.3, -0.25) is 4.79 Å². The number of nitrogens with zero attached hydrogens (tertiary/aromatic N) is 4. The van der Waals surface area contributed by atoms with Crippen molar-refractivity contribution >= 4 is 5.91 Å². The molecular formula is C23H24N4O3. The Kier molecular flexibility index (Phi) is 5.29. The Bertz CT molecular complexity index is 943. The van der Waals surface area contributed by atoms with Crippen LogP contribution >= 0.6 is 0 Å². The Balaban J connectivity index is 1.52. The van der Waals surface area contributed by atoms with E-state index >= 15 is 0 Å². The summed E-state index contributed by atoms with van der Waals surface area (Å²) in [6, 6.07) is 19.5. The van der Waals surface area contributed by atoms with E-state index in [9.17, 15) is 4.79 Å². The SMILES string of the molecule is O=C(c1nc(-c2ccccc2)n(-c2ccccc2)n1)N1CCCCC1C1OCCO1. The molecule has 1 atom stereocenters. The van der Waals surface area contributed by atoms with Gasteiger partial charge in [-0.1, -0.05) is 48.5 Å². The van der Waals surface area contributed by atoms with Crippen LogP contribution in [-0.4, -0.2) is 57.7 Å². The van der Waals surface area contributed by atoms with Crippen LogP contribution in [0.3, 0.4) is 0 Å². The minimum Gasteiger partial charge on any atom is -0.348 e. The Morgan fingerprint density at radius 1 is 0.933 bits per heavy atom. The summed E-state index contributed by atoms with van der Waals surface area (Å²) in [7, 11) is 0. The lowest BCUT2D eigenvalue weighted by Gasteiger charge is -2.37. The average Bonchev–Trinajstić information content (AvgIpc) is 3.50. The minimum atomic E-state index is -0.362. The summed E-state index contributed by atoms with van der Waals surface area (Å²) in [6.07, 6.45) is 2.51. The van der Waals surface area contributed by atoms with E-state index in [0.29, 0.717) is 25.6 Å². The van der Waals surface area contributed by atoms with Gasteiger partial charge >= 0.3 is 0 Å². The van der Waals surface area contributed by atoms with Crippen LogP contribution in [0.25, 0.3) is 17.1 Å². The zero-order valence-electron chi connectivity index (χ0n) is 16.7. The summed E-state index contributed by atoms with van der Waals surface area (Å²) in [5.74, 6) is 0.667. The molecule has 3 heterocycles. The van der Waals surface area contributed by atoms with Crippen LogP contribution in [0.15, 0.2) is 60.7 Å². The number of carbonyl (C=O) groups excluding carboxylic acids is 1. The molecule has 5 rings (SSSR count). The number of carbonyl (C=O) groups is 1. The number of ether oxygens (including phenoxy) is 2. The van der Waals surface area contributed by atoms with Gasteiger partial charge in [-0.15, -0.1) is 5.10 Å². The molecule has 2 aromatic carbocycles. The van der Waals surface area contributed by atoms with E-state index in [4.69, 9.17) is 9.47 Å². The summed E-state index contributed by atoms with van der Waals surface area (Å²) in [5, 5.41) is 4.63. The average molecular weight is 404 g/mol. The van der Waals surface area contributed by atoms with Gasteiger partial charge in [0.1, 0.15) is 0 Å². The van der Waals surface area contributed by atoms with Crippen LogP contribution in [0.2, 0.25) is 0 Å². The third-order valence-corrected chi connectivity index (χ3v) is 5.60. The summed E-state index contributed by atoms with van der Waals surface area (Å²) in [6.45, 7) is 1.80. The molecule has 7 heteroatoms. The molecule has 7 nitrogen and oxygen atoms in total. The molecular weight excluding hydrogens is 380 g/mol. The summed E-state index contributed by atoms with van der Waals surface area (Å²) >= 11 is 0. The minimum absolute atomic E-state index is 0.0994. The van der Waals surface area contributed by atoms with Gasteiger partial charge in [0.25, 0.3) is 5.91 Å². The Morgan fingerprint density at radius 3 is 2.37 bits per heavy atom. The molecule has 30 heavy (non-hydrogen) atoms. The predicted molar refractivity (Wildman–Crippen MR) is 111 cm³/mol. The Labute approximate surface area is 175 Å². The molecule has 2 aliphatic heterocycles. The fraction of sp³-hybridized carbons (Fsp3) is 0.348. The second-order valence-electron chi connectivity index (χ2n) is 7.54. The van der Waals surface area contributed by atoms with Crippen LogP contribution in [0.1, 0.15) is 29.9 Å². The first-order valence-electron chi connectivity index (χ1n) is 10.4. The molecule has 2 fully saturated rings. The lowest BCUT2D eigenvalue weighted by atomic mass is 10.0. The first-order valence-corrected chi connectivity index (χ1v) is 10.4. The Morgan fingerprint density at radius 2 is 1.63 bits per heavy atom. The highest BCUT2D eigenvalue weighted by Gasteiger charge is 2.38. The topological polar surface area (TPSA) is 69.5 Å². The third-order valence-electron chi connectivity index (χ3n) is 5.60. The van der Waals surface area contributed by atoms with Crippen LogP contribution in [0, 0.1) is 0 Å². The molecule has 0 saturated carbocycles. The summed E-state index contributed by atoms with van der Waals surface area (Å²) in [5.41, 5.74) is 1.77. The zero-order chi connectivity index (χ0) is 20.3. The molecule has 3 aromatic rings. The fourth-order valence-electron chi connectivity index (χ4n) is 4.15. The molecule has 2 saturated heterocycles. The highest BCUT2D eigenvalue weighted by Crippen LogP contribution is 2.27. The van der Waals surface area contributed by atoms with E-state index in [1.165, 1.54) is 0 Å². The fourth-order valence-corrected chi connectivity index (χ4v) is 4.15. The monoisotopic (exact) mass is 404 g/mol. The molecule has 2 aliphatic rings. The second kappa shape index (κ2) is 8.38. The molecule has 1 aromatic heterocycles. The maximum absolute atomic E-state index is 13.5. The van der Waals surface area contributed by atoms with Gasteiger partial charge in [0.05, 0.1) is 24.9 Å². The van der Waals surface area contributed by atoms with Crippen molar-refractivity contribution in [1.82, 2.24) is 19.7 Å². The largest absolute Gasteiger partial charge is 0.348 e. The number of aromatic nitrogens is 3. The van der Waals surface area contributed by atoms with E-state index in [0.717, 1.165) is 30.5 Å². The van der Waals surface area contributed by atoms with E-state index in [1.807, 2.05) is 65.6 Å². The zero-order valence-corrected chi connectivity index (χ0v) is 16.7. The molecule has 0 aliphatic carbocycles. The smallest absolute Gasteiger partial charge is 0.293 e. The van der Waals surface area contributed by atoms with Crippen molar-refractivity contribution in [2.45, 2.75) is 31.6 Å². The molecule has 154 valence electrons. The van der Waals surface area contributed by atoms with E-state index in [1.54, 1.807) is 4.68 Å². The number of piperidine rings is 1. The van der Waals surface area contributed by atoms with Gasteiger partial charge in [-0.05, 0) is 31.4 Å². The number of benzene rings is 2. The van der Waals surface area contributed by atoms with Crippen LogP contribution < -0.4 is 0 Å². The van der Waals surface area contributed by atoms with E-state index < -0.39 is 0 Å². The first-order chi connectivity index (χ1) is 14.8. The molecule has 1 amide bonds. The number of hydrogen-bond donors (Lipinski definition) is 0. The van der Waals surface area contributed by atoms with Crippen LogP contribution in [-0.2, 0) is 9.47 Å². The van der Waals surface area contributed by atoms with Gasteiger partial charge in [0.2, 0.25) is 5.82 Å². The van der Waals surface area contributed by atoms with Crippen LogP contribution in [0.4, 0.5) is 0 Å². The normalized spacial score (nSPS) is 19.9. The van der Waals surface area contributed by atoms with Crippen molar-refractivity contribution in [3.8, 4) is 17.1 Å².